The highest BCUT2D eigenvalue weighted by Gasteiger charge is 2.08. The van der Waals surface area contributed by atoms with Gasteiger partial charge in [0.15, 0.2) is 0 Å². The Morgan fingerprint density at radius 3 is 2.32 bits per heavy atom. The average molecular weight is 289 g/mol. The summed E-state index contributed by atoms with van der Waals surface area (Å²) in [5.41, 5.74) is 7.79. The Hall–Kier alpha value is -3.07. The predicted octanol–water partition coefficient (Wildman–Crippen LogP) is 4.24. The van der Waals surface area contributed by atoms with Crippen molar-refractivity contribution >= 4 is 5.91 Å². The number of para-hydroxylation sites is 1. The van der Waals surface area contributed by atoms with Gasteiger partial charge >= 0.3 is 0 Å². The molecule has 0 saturated heterocycles. The average Bonchev–Trinajstić information content (AvgIpc) is 2.56. The zero-order valence-electron chi connectivity index (χ0n) is 11.9. The summed E-state index contributed by atoms with van der Waals surface area (Å²) in [5, 5.41) is 0. The van der Waals surface area contributed by atoms with E-state index in [4.69, 9.17) is 10.5 Å². The van der Waals surface area contributed by atoms with Crippen molar-refractivity contribution in [1.29, 1.82) is 0 Å². The van der Waals surface area contributed by atoms with Gasteiger partial charge in [-0.05, 0) is 29.8 Å². The summed E-state index contributed by atoms with van der Waals surface area (Å²) in [7, 11) is 0. The Labute approximate surface area is 129 Å². The number of amides is 1. The molecule has 3 aromatic rings. The minimum Gasteiger partial charge on any atom is -0.457 e. The number of benzene rings is 3. The third-order valence-corrected chi connectivity index (χ3v) is 3.32. The maximum Gasteiger partial charge on any atom is 0.248 e. The second-order valence-corrected chi connectivity index (χ2v) is 4.86. The van der Waals surface area contributed by atoms with Gasteiger partial charge in [-0.15, -0.1) is 0 Å². The molecule has 0 aliphatic heterocycles. The number of hydrogen-bond donors (Lipinski definition) is 1. The standard InChI is InChI=1S/C19H15NO2/c20-19(21)15-9-6-10-16(13-15)22-18-12-5-4-11-17(18)14-7-2-1-3-8-14/h1-13H,(H2,20,21). The third-order valence-electron chi connectivity index (χ3n) is 3.32. The molecule has 0 fully saturated rings. The first kappa shape index (κ1) is 13.9. The number of carbonyl (C=O) groups excluding carboxylic acids is 1. The molecule has 1 amide bonds. The summed E-state index contributed by atoms with van der Waals surface area (Å²) in [6.45, 7) is 0. The van der Waals surface area contributed by atoms with E-state index in [1.54, 1.807) is 24.3 Å². The summed E-state index contributed by atoms with van der Waals surface area (Å²) in [4.78, 5) is 11.3. The molecule has 3 heteroatoms. The van der Waals surface area contributed by atoms with E-state index in [-0.39, 0.29) is 0 Å². The van der Waals surface area contributed by atoms with E-state index < -0.39 is 5.91 Å². The molecule has 0 bridgehead atoms. The highest BCUT2D eigenvalue weighted by molar-refractivity contribution is 5.93. The number of carbonyl (C=O) groups is 1. The minimum absolute atomic E-state index is 0.426. The van der Waals surface area contributed by atoms with E-state index in [0.717, 1.165) is 16.9 Å². The fourth-order valence-electron chi connectivity index (χ4n) is 2.25. The second kappa shape index (κ2) is 6.14. The van der Waals surface area contributed by atoms with Crippen LogP contribution in [0.5, 0.6) is 11.5 Å². The number of nitrogens with two attached hydrogens (primary N) is 1. The molecule has 0 radical (unpaired) electrons. The molecule has 0 aliphatic rings. The molecule has 0 spiro atoms. The first-order chi connectivity index (χ1) is 10.7. The lowest BCUT2D eigenvalue weighted by atomic mass is 10.0. The Balaban J connectivity index is 1.97. The molecule has 3 rings (SSSR count). The van der Waals surface area contributed by atoms with Crippen LogP contribution >= 0.6 is 0 Å². The summed E-state index contributed by atoms with van der Waals surface area (Å²) in [6.07, 6.45) is 0. The van der Waals surface area contributed by atoms with Gasteiger partial charge in [-0.2, -0.15) is 0 Å². The third kappa shape index (κ3) is 2.99. The molecule has 0 atom stereocenters. The van der Waals surface area contributed by atoms with E-state index in [0.29, 0.717) is 11.3 Å². The van der Waals surface area contributed by atoms with Crippen LogP contribution in [0.25, 0.3) is 11.1 Å². The van der Waals surface area contributed by atoms with Gasteiger partial charge in [0.2, 0.25) is 5.91 Å². The highest BCUT2D eigenvalue weighted by atomic mass is 16.5. The summed E-state index contributed by atoms with van der Waals surface area (Å²) < 4.78 is 5.95. The van der Waals surface area contributed by atoms with Crippen LogP contribution in [0.4, 0.5) is 0 Å². The summed E-state index contributed by atoms with van der Waals surface area (Å²) in [5.74, 6) is 0.844. The van der Waals surface area contributed by atoms with Crippen LogP contribution in [0.3, 0.4) is 0 Å². The molecule has 0 heterocycles. The Morgan fingerprint density at radius 2 is 1.55 bits per heavy atom. The van der Waals surface area contributed by atoms with Gasteiger partial charge in [-0.25, -0.2) is 0 Å². The van der Waals surface area contributed by atoms with Gasteiger partial charge in [0.25, 0.3) is 0 Å². The van der Waals surface area contributed by atoms with Crippen molar-refractivity contribution in [3.63, 3.8) is 0 Å². The lowest BCUT2D eigenvalue weighted by molar-refractivity contribution is 0.1000. The van der Waals surface area contributed by atoms with Crippen LogP contribution in [-0.2, 0) is 0 Å². The van der Waals surface area contributed by atoms with Crippen molar-refractivity contribution in [2.75, 3.05) is 0 Å². The second-order valence-electron chi connectivity index (χ2n) is 4.86. The van der Waals surface area contributed by atoms with Gasteiger partial charge in [0.05, 0.1) is 0 Å². The van der Waals surface area contributed by atoms with Crippen LogP contribution in [0.1, 0.15) is 10.4 Å². The molecule has 2 N–H and O–H groups in total. The first-order valence-electron chi connectivity index (χ1n) is 6.96. The smallest absolute Gasteiger partial charge is 0.248 e. The van der Waals surface area contributed by atoms with Crippen molar-refractivity contribution in [2.24, 2.45) is 5.73 Å². The molecular weight excluding hydrogens is 274 g/mol. The van der Waals surface area contributed by atoms with Gasteiger partial charge in [0.1, 0.15) is 11.5 Å². The van der Waals surface area contributed by atoms with E-state index in [9.17, 15) is 4.79 Å². The first-order valence-corrected chi connectivity index (χ1v) is 6.96. The molecule has 0 aromatic heterocycles. The van der Waals surface area contributed by atoms with Crippen molar-refractivity contribution in [3.05, 3.63) is 84.4 Å². The monoisotopic (exact) mass is 289 g/mol. The van der Waals surface area contributed by atoms with Crippen molar-refractivity contribution in [1.82, 2.24) is 0 Å². The van der Waals surface area contributed by atoms with Crippen LogP contribution in [0.15, 0.2) is 78.9 Å². The number of rotatable bonds is 4. The molecular formula is C19H15NO2. The summed E-state index contributed by atoms with van der Waals surface area (Å²) >= 11 is 0. The van der Waals surface area contributed by atoms with Crippen LogP contribution in [0, 0.1) is 0 Å². The Kier molecular flexibility index (Phi) is 3.88. The summed E-state index contributed by atoms with van der Waals surface area (Å²) in [6, 6.07) is 24.7. The lowest BCUT2D eigenvalue weighted by Crippen LogP contribution is -2.10. The van der Waals surface area contributed by atoms with Crippen LogP contribution in [0.2, 0.25) is 0 Å². The Bertz CT molecular complexity index is 797. The van der Waals surface area contributed by atoms with E-state index >= 15 is 0 Å². The molecule has 3 aromatic carbocycles. The van der Waals surface area contributed by atoms with Crippen molar-refractivity contribution in [3.8, 4) is 22.6 Å². The van der Waals surface area contributed by atoms with Gasteiger partial charge in [0, 0.05) is 11.1 Å². The van der Waals surface area contributed by atoms with Crippen LogP contribution < -0.4 is 10.5 Å². The van der Waals surface area contributed by atoms with Gasteiger partial charge in [-0.3, -0.25) is 4.79 Å². The molecule has 0 aliphatic carbocycles. The maximum atomic E-state index is 11.3. The SMILES string of the molecule is NC(=O)c1cccc(Oc2ccccc2-c2ccccc2)c1. The lowest BCUT2D eigenvalue weighted by Gasteiger charge is -2.11. The van der Waals surface area contributed by atoms with E-state index in [1.165, 1.54) is 0 Å². The largest absolute Gasteiger partial charge is 0.457 e. The fraction of sp³-hybridized carbons (Fsp3) is 0. The molecule has 0 saturated carbocycles. The quantitative estimate of drug-likeness (QED) is 0.780. The molecule has 108 valence electrons. The van der Waals surface area contributed by atoms with Gasteiger partial charge in [-0.1, -0.05) is 54.6 Å². The van der Waals surface area contributed by atoms with E-state index in [1.807, 2.05) is 54.6 Å². The minimum atomic E-state index is -0.471. The van der Waals surface area contributed by atoms with E-state index in [2.05, 4.69) is 0 Å². The van der Waals surface area contributed by atoms with Crippen LogP contribution in [-0.4, -0.2) is 5.91 Å². The zero-order valence-corrected chi connectivity index (χ0v) is 11.9. The molecule has 3 nitrogen and oxygen atoms in total. The van der Waals surface area contributed by atoms with Crippen molar-refractivity contribution in [2.45, 2.75) is 0 Å². The molecule has 0 unspecified atom stereocenters. The zero-order chi connectivity index (χ0) is 15.4. The van der Waals surface area contributed by atoms with Crippen molar-refractivity contribution < 1.29 is 9.53 Å². The number of hydrogen-bond acceptors (Lipinski definition) is 2. The molecule has 22 heavy (non-hydrogen) atoms. The number of ether oxygens (including phenoxy) is 1. The number of primary amides is 1. The highest BCUT2D eigenvalue weighted by Crippen LogP contribution is 2.33. The van der Waals surface area contributed by atoms with Gasteiger partial charge < -0.3 is 10.5 Å². The Morgan fingerprint density at radius 1 is 0.818 bits per heavy atom. The topological polar surface area (TPSA) is 52.3 Å². The maximum absolute atomic E-state index is 11.3. The fourth-order valence-corrected chi connectivity index (χ4v) is 2.25. The normalized spacial score (nSPS) is 10.2. The predicted molar refractivity (Wildman–Crippen MR) is 86.9 cm³/mol.